The molecule has 1 aromatic carbocycles. The zero-order valence-corrected chi connectivity index (χ0v) is 9.10. The maximum atomic E-state index is 10.5. The first kappa shape index (κ1) is 11.2. The Morgan fingerprint density at radius 2 is 1.93 bits per heavy atom. The number of aryl methyl sites for hydroxylation is 1. The van der Waals surface area contributed by atoms with Crippen LogP contribution in [0.4, 0.5) is 5.69 Å². The minimum absolute atomic E-state index is 0.134. The van der Waals surface area contributed by atoms with Gasteiger partial charge in [0.2, 0.25) is 0 Å². The second kappa shape index (κ2) is 4.59. The molecule has 4 nitrogen and oxygen atoms in total. The summed E-state index contributed by atoms with van der Waals surface area (Å²) in [5.41, 5.74) is 1.02. The Kier molecular flexibility index (Phi) is 3.44. The van der Waals surface area contributed by atoms with Crippen molar-refractivity contribution < 1.29 is 4.92 Å². The molecule has 80 valence electrons. The number of non-ortho nitro benzene ring substituents is 1. The molecule has 1 aromatic heterocycles. The lowest BCUT2D eigenvalue weighted by atomic mass is 10.2. The van der Waals surface area contributed by atoms with E-state index in [1.165, 1.54) is 6.07 Å². The number of nitrogens with zero attached hydrogens (tertiary/aromatic N) is 2. The predicted molar refractivity (Wildman–Crippen MR) is 60.9 cm³/mol. The zero-order valence-electron chi connectivity index (χ0n) is 9.10. The quantitative estimate of drug-likeness (QED) is 0.531. The number of benzene rings is 1. The summed E-state index contributed by atoms with van der Waals surface area (Å²) >= 11 is 0. The van der Waals surface area contributed by atoms with Crippen LogP contribution in [-0.4, -0.2) is 9.49 Å². The van der Waals surface area contributed by atoms with Gasteiger partial charge in [0.25, 0.3) is 5.69 Å². The molecule has 2 rings (SSSR count). The van der Waals surface area contributed by atoms with Crippen molar-refractivity contribution in [3.8, 4) is 0 Å². The number of hydrogen-bond acceptors (Lipinski definition) is 2. The van der Waals surface area contributed by atoms with E-state index in [2.05, 4.69) is 0 Å². The van der Waals surface area contributed by atoms with Gasteiger partial charge >= 0.3 is 0 Å². The Hall–Kier alpha value is -1.84. The molecule has 0 spiro atoms. The van der Waals surface area contributed by atoms with Gasteiger partial charge in [0, 0.05) is 30.8 Å². The Morgan fingerprint density at radius 1 is 1.27 bits per heavy atom. The largest absolute Gasteiger partial charge is 0.350 e. The lowest BCUT2D eigenvalue weighted by molar-refractivity contribution is -0.384. The molecule has 0 saturated heterocycles. The summed E-state index contributed by atoms with van der Waals surface area (Å²) < 4.78 is 1.86. The smallest absolute Gasteiger partial charge is 0.271 e. The van der Waals surface area contributed by atoms with Crippen LogP contribution in [0.3, 0.4) is 0 Å². The number of aromatic nitrogens is 1. The maximum Gasteiger partial charge on any atom is 0.271 e. The first-order valence-electron chi connectivity index (χ1n) is 4.88. The third kappa shape index (κ3) is 2.15. The molecule has 0 aliphatic heterocycles. The van der Waals surface area contributed by atoms with Gasteiger partial charge in [-0.1, -0.05) is 13.8 Å². The number of hydrogen-bond donors (Lipinski definition) is 0. The minimum atomic E-state index is -0.382. The summed E-state index contributed by atoms with van der Waals surface area (Å²) in [5.74, 6) is 0. The number of nitro groups is 1. The number of nitro benzene ring substituents is 1. The molecule has 0 unspecified atom stereocenters. The summed E-state index contributed by atoms with van der Waals surface area (Å²) in [7, 11) is 1.87. The zero-order chi connectivity index (χ0) is 11.4. The molecule has 1 heterocycles. The lowest BCUT2D eigenvalue weighted by Gasteiger charge is -1.95. The Labute approximate surface area is 88.3 Å². The molecule has 2 aromatic rings. The number of rotatable bonds is 1. The van der Waals surface area contributed by atoms with E-state index in [1.807, 2.05) is 37.7 Å². The van der Waals surface area contributed by atoms with Crippen LogP contribution in [0.15, 0.2) is 30.5 Å². The minimum Gasteiger partial charge on any atom is -0.350 e. The highest BCUT2D eigenvalue weighted by Crippen LogP contribution is 2.20. The van der Waals surface area contributed by atoms with Crippen LogP contribution in [0.5, 0.6) is 0 Å². The van der Waals surface area contributed by atoms with E-state index < -0.39 is 0 Å². The van der Waals surface area contributed by atoms with E-state index in [0.29, 0.717) is 0 Å². The van der Waals surface area contributed by atoms with Gasteiger partial charge in [-0.05, 0) is 12.1 Å². The summed E-state index contributed by atoms with van der Waals surface area (Å²) in [4.78, 5) is 10.1. The normalized spacial score (nSPS) is 9.53. The molecule has 4 heteroatoms. The van der Waals surface area contributed by atoms with E-state index >= 15 is 0 Å². The van der Waals surface area contributed by atoms with E-state index in [0.717, 1.165) is 10.9 Å². The van der Waals surface area contributed by atoms with Gasteiger partial charge in [-0.3, -0.25) is 10.1 Å². The lowest BCUT2D eigenvalue weighted by Crippen LogP contribution is -1.89. The summed E-state index contributed by atoms with van der Waals surface area (Å²) in [5, 5.41) is 11.5. The van der Waals surface area contributed by atoms with Gasteiger partial charge in [-0.2, -0.15) is 0 Å². The van der Waals surface area contributed by atoms with E-state index in [1.54, 1.807) is 12.1 Å². The van der Waals surface area contributed by atoms with Crippen LogP contribution in [-0.2, 0) is 7.05 Å². The third-order valence-electron chi connectivity index (χ3n) is 2.08. The van der Waals surface area contributed by atoms with Gasteiger partial charge in [0.1, 0.15) is 0 Å². The van der Waals surface area contributed by atoms with Gasteiger partial charge in [0.15, 0.2) is 0 Å². The molecule has 0 amide bonds. The fourth-order valence-corrected chi connectivity index (χ4v) is 1.36. The van der Waals surface area contributed by atoms with E-state index in [9.17, 15) is 10.1 Å². The van der Waals surface area contributed by atoms with Crippen molar-refractivity contribution in [2.75, 3.05) is 0 Å². The monoisotopic (exact) mass is 206 g/mol. The fourth-order valence-electron chi connectivity index (χ4n) is 1.36. The fraction of sp³-hybridized carbons (Fsp3) is 0.273. The highest BCUT2D eigenvalue weighted by Gasteiger charge is 2.06. The molecule has 0 bridgehead atoms. The highest BCUT2D eigenvalue weighted by atomic mass is 16.6. The van der Waals surface area contributed by atoms with Crippen molar-refractivity contribution in [2.24, 2.45) is 7.05 Å². The van der Waals surface area contributed by atoms with Gasteiger partial charge < -0.3 is 4.57 Å². The molecule has 0 atom stereocenters. The molecule has 0 N–H and O–H groups in total. The summed E-state index contributed by atoms with van der Waals surface area (Å²) in [6.45, 7) is 4.00. The number of fused-ring (bicyclic) bond motifs is 1. The van der Waals surface area contributed by atoms with Crippen molar-refractivity contribution in [2.45, 2.75) is 13.8 Å². The van der Waals surface area contributed by atoms with Gasteiger partial charge in [-0.15, -0.1) is 0 Å². The van der Waals surface area contributed by atoms with Crippen molar-refractivity contribution in [1.29, 1.82) is 0 Å². The van der Waals surface area contributed by atoms with Crippen molar-refractivity contribution >= 4 is 16.6 Å². The molecular formula is C11H14N2O2. The average Bonchev–Trinajstić information content (AvgIpc) is 2.63. The van der Waals surface area contributed by atoms with Crippen LogP contribution >= 0.6 is 0 Å². The first-order chi connectivity index (χ1) is 7.18. The Balaban J connectivity index is 0.000000531. The first-order valence-corrected chi connectivity index (χ1v) is 4.88. The van der Waals surface area contributed by atoms with Crippen LogP contribution in [0, 0.1) is 10.1 Å². The molecule has 0 fully saturated rings. The molecular weight excluding hydrogens is 192 g/mol. The summed E-state index contributed by atoms with van der Waals surface area (Å²) in [6, 6.07) is 6.78. The third-order valence-corrected chi connectivity index (χ3v) is 2.08. The van der Waals surface area contributed by atoms with Crippen molar-refractivity contribution in [3.63, 3.8) is 0 Å². The van der Waals surface area contributed by atoms with E-state index in [4.69, 9.17) is 0 Å². The predicted octanol–water partition coefficient (Wildman–Crippen LogP) is 3.11. The molecule has 0 radical (unpaired) electrons. The highest BCUT2D eigenvalue weighted by molar-refractivity contribution is 5.82. The van der Waals surface area contributed by atoms with Crippen molar-refractivity contribution in [1.82, 2.24) is 4.57 Å². The topological polar surface area (TPSA) is 48.1 Å². The SMILES string of the molecule is CC.Cn1ccc2ccc([N+](=O)[O-])cc21. The Morgan fingerprint density at radius 3 is 2.53 bits per heavy atom. The van der Waals surface area contributed by atoms with Gasteiger partial charge in [-0.25, -0.2) is 0 Å². The van der Waals surface area contributed by atoms with E-state index in [-0.39, 0.29) is 10.6 Å². The standard InChI is InChI=1S/C9H8N2O2.C2H6/c1-10-5-4-7-2-3-8(11(12)13)6-9(7)10;1-2/h2-6H,1H3;1-2H3. The van der Waals surface area contributed by atoms with Crippen LogP contribution in [0.2, 0.25) is 0 Å². The molecule has 0 aliphatic rings. The van der Waals surface area contributed by atoms with Crippen LogP contribution < -0.4 is 0 Å². The van der Waals surface area contributed by atoms with Crippen molar-refractivity contribution in [3.05, 3.63) is 40.6 Å². The second-order valence-corrected chi connectivity index (χ2v) is 2.93. The molecule has 0 aliphatic carbocycles. The maximum absolute atomic E-state index is 10.5. The second-order valence-electron chi connectivity index (χ2n) is 2.93. The molecule has 0 saturated carbocycles. The van der Waals surface area contributed by atoms with Gasteiger partial charge in [0.05, 0.1) is 10.4 Å². The van der Waals surface area contributed by atoms with Crippen LogP contribution in [0.1, 0.15) is 13.8 Å². The summed E-state index contributed by atoms with van der Waals surface area (Å²) in [6.07, 6.45) is 1.88. The molecule has 15 heavy (non-hydrogen) atoms. The Bertz CT molecular complexity index is 474. The van der Waals surface area contributed by atoms with Crippen LogP contribution in [0.25, 0.3) is 10.9 Å². The average molecular weight is 206 g/mol.